The molecular weight excluding hydrogens is 258 g/mol. The Bertz CT molecular complexity index is 375. The number of hydrogen-bond donors (Lipinski definition) is 1. The van der Waals surface area contributed by atoms with Gasteiger partial charge in [-0.1, -0.05) is 19.3 Å². The fourth-order valence-corrected chi connectivity index (χ4v) is 3.88. The van der Waals surface area contributed by atoms with E-state index in [2.05, 4.69) is 23.9 Å². The molecular formula is C14H25N3OS. The minimum Gasteiger partial charge on any atom is -0.392 e. The highest BCUT2D eigenvalue weighted by atomic mass is 32.2. The molecule has 5 heteroatoms. The average Bonchev–Trinajstić information content (AvgIpc) is 2.86. The molecule has 4 nitrogen and oxygen atoms in total. The quantitative estimate of drug-likeness (QED) is 0.872. The molecule has 108 valence electrons. The molecule has 1 heterocycles. The van der Waals surface area contributed by atoms with Crippen LogP contribution in [0.15, 0.2) is 6.33 Å². The lowest BCUT2D eigenvalue weighted by molar-refractivity contribution is 0.194. The van der Waals surface area contributed by atoms with Crippen molar-refractivity contribution in [2.75, 3.05) is 5.75 Å². The summed E-state index contributed by atoms with van der Waals surface area (Å²) < 4.78 is 1.90. The van der Waals surface area contributed by atoms with Crippen molar-refractivity contribution in [3.05, 3.63) is 12.2 Å². The van der Waals surface area contributed by atoms with Crippen LogP contribution < -0.4 is 0 Å². The van der Waals surface area contributed by atoms with Crippen LogP contribution in [-0.4, -0.2) is 37.0 Å². The van der Waals surface area contributed by atoms with Crippen LogP contribution in [0.25, 0.3) is 0 Å². The number of thioether (sulfide) groups is 1. The molecule has 1 unspecified atom stereocenters. The van der Waals surface area contributed by atoms with E-state index in [-0.39, 0.29) is 6.10 Å². The van der Waals surface area contributed by atoms with Gasteiger partial charge < -0.3 is 5.11 Å². The molecule has 1 aromatic rings. The normalized spacial score (nSPS) is 18.9. The molecule has 2 rings (SSSR count). The van der Waals surface area contributed by atoms with Gasteiger partial charge >= 0.3 is 0 Å². The van der Waals surface area contributed by atoms with Gasteiger partial charge in [0.05, 0.1) is 6.10 Å². The standard InChI is InChI=1S/C14H25N3OS/c1-11(2)17-14(15-10-16-17)8-12(18)9-19-13-6-4-3-5-7-13/h10-13,18H,3-9H2,1-2H3. The van der Waals surface area contributed by atoms with Crippen molar-refractivity contribution in [2.45, 2.75) is 69.8 Å². The molecule has 1 fully saturated rings. The van der Waals surface area contributed by atoms with Crippen LogP contribution in [-0.2, 0) is 6.42 Å². The van der Waals surface area contributed by atoms with E-state index in [1.165, 1.54) is 32.1 Å². The maximum atomic E-state index is 10.2. The van der Waals surface area contributed by atoms with Gasteiger partial charge in [0.25, 0.3) is 0 Å². The lowest BCUT2D eigenvalue weighted by Crippen LogP contribution is -2.20. The van der Waals surface area contributed by atoms with Gasteiger partial charge in [-0.15, -0.1) is 0 Å². The minimum absolute atomic E-state index is 0.302. The fourth-order valence-electron chi connectivity index (χ4n) is 2.60. The Balaban J connectivity index is 1.77. The van der Waals surface area contributed by atoms with Crippen molar-refractivity contribution in [3.8, 4) is 0 Å². The molecule has 0 amide bonds. The van der Waals surface area contributed by atoms with Gasteiger partial charge in [-0.05, 0) is 26.7 Å². The second kappa shape index (κ2) is 7.29. The third-order valence-corrected chi connectivity index (χ3v) is 5.15. The molecule has 0 spiro atoms. The lowest BCUT2D eigenvalue weighted by atomic mass is 10.0. The van der Waals surface area contributed by atoms with E-state index in [1.54, 1.807) is 6.33 Å². The highest BCUT2D eigenvalue weighted by Crippen LogP contribution is 2.28. The first-order chi connectivity index (χ1) is 9.16. The zero-order valence-electron chi connectivity index (χ0n) is 12.0. The summed E-state index contributed by atoms with van der Waals surface area (Å²) in [5.74, 6) is 1.71. The molecule has 1 aromatic heterocycles. The monoisotopic (exact) mass is 283 g/mol. The van der Waals surface area contributed by atoms with Crippen LogP contribution >= 0.6 is 11.8 Å². The first-order valence-corrected chi connectivity index (χ1v) is 8.39. The molecule has 1 saturated carbocycles. The second-order valence-corrected chi connectivity index (χ2v) is 7.00. The molecule has 1 atom stereocenters. The van der Waals surface area contributed by atoms with Gasteiger partial charge in [0.1, 0.15) is 12.2 Å². The van der Waals surface area contributed by atoms with Gasteiger partial charge in [0.15, 0.2) is 0 Å². The first-order valence-electron chi connectivity index (χ1n) is 7.35. The summed E-state index contributed by atoms with van der Waals surface area (Å²) >= 11 is 1.93. The van der Waals surface area contributed by atoms with Gasteiger partial charge in [-0.2, -0.15) is 16.9 Å². The van der Waals surface area contributed by atoms with E-state index < -0.39 is 0 Å². The van der Waals surface area contributed by atoms with E-state index >= 15 is 0 Å². The highest BCUT2D eigenvalue weighted by molar-refractivity contribution is 7.99. The Kier molecular flexibility index (Phi) is 5.70. The maximum Gasteiger partial charge on any atom is 0.138 e. The minimum atomic E-state index is -0.311. The molecule has 0 aromatic carbocycles. The van der Waals surface area contributed by atoms with Crippen molar-refractivity contribution in [2.24, 2.45) is 0 Å². The van der Waals surface area contributed by atoms with E-state index in [4.69, 9.17) is 0 Å². The Morgan fingerprint density at radius 3 is 2.79 bits per heavy atom. The Labute approximate surface area is 120 Å². The number of aromatic nitrogens is 3. The maximum absolute atomic E-state index is 10.2. The second-order valence-electron chi connectivity index (χ2n) is 5.67. The molecule has 0 aliphatic heterocycles. The van der Waals surface area contributed by atoms with Crippen molar-refractivity contribution in [1.29, 1.82) is 0 Å². The van der Waals surface area contributed by atoms with Crippen LogP contribution in [0.1, 0.15) is 57.8 Å². The van der Waals surface area contributed by atoms with Crippen LogP contribution in [0.2, 0.25) is 0 Å². The Hall–Kier alpha value is -0.550. The molecule has 1 N–H and O–H groups in total. The molecule has 1 aliphatic carbocycles. The number of rotatable bonds is 6. The lowest BCUT2D eigenvalue weighted by Gasteiger charge is -2.22. The summed E-state index contributed by atoms with van der Waals surface area (Å²) in [6.07, 6.45) is 8.61. The van der Waals surface area contributed by atoms with Crippen LogP contribution in [0.4, 0.5) is 0 Å². The fraction of sp³-hybridized carbons (Fsp3) is 0.857. The van der Waals surface area contributed by atoms with Crippen molar-refractivity contribution in [3.63, 3.8) is 0 Å². The van der Waals surface area contributed by atoms with Crippen molar-refractivity contribution < 1.29 is 5.11 Å². The topological polar surface area (TPSA) is 50.9 Å². The van der Waals surface area contributed by atoms with E-state index in [0.717, 1.165) is 16.8 Å². The van der Waals surface area contributed by atoms with E-state index in [9.17, 15) is 5.11 Å². The van der Waals surface area contributed by atoms with Crippen molar-refractivity contribution in [1.82, 2.24) is 14.8 Å². The number of aliphatic hydroxyl groups excluding tert-OH is 1. The summed E-state index contributed by atoms with van der Waals surface area (Å²) in [5, 5.41) is 15.1. The average molecular weight is 283 g/mol. The third kappa shape index (κ3) is 4.49. The van der Waals surface area contributed by atoms with Crippen LogP contribution in [0.5, 0.6) is 0 Å². The van der Waals surface area contributed by atoms with Gasteiger partial charge in [-0.25, -0.2) is 9.67 Å². The number of aliphatic hydroxyl groups is 1. The summed E-state index contributed by atoms with van der Waals surface area (Å²) in [6.45, 7) is 4.17. The van der Waals surface area contributed by atoms with E-state index in [0.29, 0.717) is 12.5 Å². The zero-order chi connectivity index (χ0) is 13.7. The molecule has 0 bridgehead atoms. The van der Waals surface area contributed by atoms with Crippen LogP contribution in [0, 0.1) is 0 Å². The smallest absolute Gasteiger partial charge is 0.138 e. The Morgan fingerprint density at radius 1 is 1.37 bits per heavy atom. The molecule has 19 heavy (non-hydrogen) atoms. The van der Waals surface area contributed by atoms with Gasteiger partial charge in [-0.3, -0.25) is 0 Å². The molecule has 0 saturated heterocycles. The molecule has 1 aliphatic rings. The Morgan fingerprint density at radius 2 is 2.11 bits per heavy atom. The van der Waals surface area contributed by atoms with Crippen LogP contribution in [0.3, 0.4) is 0 Å². The van der Waals surface area contributed by atoms with Crippen molar-refractivity contribution >= 4 is 11.8 Å². The summed E-state index contributed by atoms with van der Waals surface area (Å²) in [7, 11) is 0. The summed E-state index contributed by atoms with van der Waals surface area (Å²) in [6, 6.07) is 0.302. The predicted molar refractivity (Wildman–Crippen MR) is 79.4 cm³/mol. The summed E-state index contributed by atoms with van der Waals surface area (Å²) in [5.41, 5.74) is 0. The number of hydrogen-bond acceptors (Lipinski definition) is 4. The third-order valence-electron chi connectivity index (χ3n) is 3.63. The van der Waals surface area contributed by atoms with Gasteiger partial charge in [0.2, 0.25) is 0 Å². The van der Waals surface area contributed by atoms with Gasteiger partial charge in [0, 0.05) is 23.5 Å². The predicted octanol–water partition coefficient (Wildman–Crippen LogP) is 2.83. The SMILES string of the molecule is CC(C)n1ncnc1CC(O)CSC1CCCCC1. The number of nitrogens with zero attached hydrogens (tertiary/aromatic N) is 3. The first kappa shape index (κ1) is 14.9. The summed E-state index contributed by atoms with van der Waals surface area (Å²) in [4.78, 5) is 4.25. The van der Waals surface area contributed by atoms with E-state index in [1.807, 2.05) is 16.4 Å². The molecule has 0 radical (unpaired) electrons. The zero-order valence-corrected chi connectivity index (χ0v) is 12.8. The highest BCUT2D eigenvalue weighted by Gasteiger charge is 2.17. The largest absolute Gasteiger partial charge is 0.392 e.